The molecule has 0 aliphatic carbocycles. The van der Waals surface area contributed by atoms with Crippen molar-refractivity contribution in [2.75, 3.05) is 0 Å². The molecule has 0 aromatic heterocycles. The van der Waals surface area contributed by atoms with Gasteiger partial charge in [-0.1, -0.05) is 26.7 Å². The summed E-state index contributed by atoms with van der Waals surface area (Å²) in [5.41, 5.74) is 5.99. The van der Waals surface area contributed by atoms with Crippen molar-refractivity contribution in [3.63, 3.8) is 0 Å². The lowest BCUT2D eigenvalue weighted by Crippen LogP contribution is -2.33. The van der Waals surface area contributed by atoms with Crippen LogP contribution in [0.4, 0.5) is 8.78 Å². The zero-order chi connectivity index (χ0) is 13.1. The second-order valence-corrected chi connectivity index (χ2v) is 5.36. The fourth-order valence-corrected chi connectivity index (χ4v) is 1.91. The van der Waals surface area contributed by atoms with Crippen LogP contribution in [0.15, 0.2) is 18.2 Å². The average Bonchev–Trinajstić information content (AvgIpc) is 2.14. The molecule has 1 rings (SSSR count). The highest BCUT2D eigenvalue weighted by atomic mass is 19.1. The van der Waals surface area contributed by atoms with E-state index in [4.69, 9.17) is 5.73 Å². The van der Waals surface area contributed by atoms with Gasteiger partial charge in [0, 0.05) is 11.6 Å². The van der Waals surface area contributed by atoms with Gasteiger partial charge < -0.3 is 5.73 Å². The van der Waals surface area contributed by atoms with Crippen LogP contribution in [0.2, 0.25) is 0 Å². The Hall–Kier alpha value is -0.960. The van der Waals surface area contributed by atoms with Gasteiger partial charge in [-0.3, -0.25) is 0 Å². The standard InChI is InChI=1S/C14H21F2N/c1-10(2)5-4-6-14(3,17)11-7-12(15)9-13(16)8-11/h7-10H,4-6,17H2,1-3H3. The number of benzene rings is 1. The maximum Gasteiger partial charge on any atom is 0.126 e. The summed E-state index contributed by atoms with van der Waals surface area (Å²) in [5.74, 6) is -0.517. The molecule has 0 aliphatic heterocycles. The van der Waals surface area contributed by atoms with E-state index in [9.17, 15) is 8.78 Å². The zero-order valence-electron chi connectivity index (χ0n) is 10.8. The van der Waals surface area contributed by atoms with Crippen LogP contribution in [0, 0.1) is 17.6 Å². The van der Waals surface area contributed by atoms with Crippen molar-refractivity contribution in [3.8, 4) is 0 Å². The molecule has 1 aromatic carbocycles. The SMILES string of the molecule is CC(C)CCCC(C)(N)c1cc(F)cc(F)c1. The Labute approximate surface area is 102 Å². The fourth-order valence-electron chi connectivity index (χ4n) is 1.91. The highest BCUT2D eigenvalue weighted by Gasteiger charge is 2.22. The predicted molar refractivity (Wildman–Crippen MR) is 66.6 cm³/mol. The van der Waals surface area contributed by atoms with Gasteiger partial charge in [-0.05, 0) is 37.0 Å². The lowest BCUT2D eigenvalue weighted by molar-refractivity contribution is 0.402. The van der Waals surface area contributed by atoms with Crippen LogP contribution < -0.4 is 5.73 Å². The minimum absolute atomic E-state index is 0.527. The van der Waals surface area contributed by atoms with Crippen LogP contribution in [0.3, 0.4) is 0 Å². The van der Waals surface area contributed by atoms with Crippen molar-refractivity contribution in [3.05, 3.63) is 35.4 Å². The lowest BCUT2D eigenvalue weighted by atomic mass is 9.87. The van der Waals surface area contributed by atoms with Crippen molar-refractivity contribution in [2.45, 2.75) is 45.6 Å². The van der Waals surface area contributed by atoms with Crippen LogP contribution >= 0.6 is 0 Å². The Kier molecular flexibility index (Phi) is 4.63. The molecular formula is C14H21F2N. The van der Waals surface area contributed by atoms with Gasteiger partial charge in [0.15, 0.2) is 0 Å². The lowest BCUT2D eigenvalue weighted by Gasteiger charge is -2.25. The fraction of sp³-hybridized carbons (Fsp3) is 0.571. The Morgan fingerprint density at radius 2 is 1.71 bits per heavy atom. The molecule has 0 saturated carbocycles. The molecule has 2 N–H and O–H groups in total. The second-order valence-electron chi connectivity index (χ2n) is 5.36. The third kappa shape index (κ3) is 4.43. The van der Waals surface area contributed by atoms with Gasteiger partial charge in [-0.15, -0.1) is 0 Å². The summed E-state index contributed by atoms with van der Waals surface area (Å²) in [4.78, 5) is 0. The molecule has 0 spiro atoms. The molecule has 0 heterocycles. The summed E-state index contributed by atoms with van der Waals surface area (Å²) >= 11 is 0. The second kappa shape index (κ2) is 5.58. The van der Waals surface area contributed by atoms with E-state index >= 15 is 0 Å². The van der Waals surface area contributed by atoms with Crippen LogP contribution in [0.5, 0.6) is 0 Å². The van der Waals surface area contributed by atoms with Crippen molar-refractivity contribution < 1.29 is 8.78 Å². The van der Waals surface area contributed by atoms with Gasteiger partial charge >= 0.3 is 0 Å². The van der Waals surface area contributed by atoms with E-state index in [-0.39, 0.29) is 0 Å². The molecule has 17 heavy (non-hydrogen) atoms. The molecule has 0 saturated heterocycles. The molecule has 1 aromatic rings. The number of hydrogen-bond acceptors (Lipinski definition) is 1. The number of rotatable bonds is 5. The molecule has 0 aliphatic rings. The van der Waals surface area contributed by atoms with Crippen LogP contribution in [0.1, 0.15) is 45.6 Å². The first-order valence-corrected chi connectivity index (χ1v) is 6.07. The first kappa shape index (κ1) is 14.1. The minimum Gasteiger partial charge on any atom is -0.322 e. The van der Waals surface area contributed by atoms with Crippen LogP contribution in [0.25, 0.3) is 0 Å². The van der Waals surface area contributed by atoms with E-state index in [2.05, 4.69) is 13.8 Å². The van der Waals surface area contributed by atoms with E-state index in [1.54, 1.807) is 0 Å². The molecule has 0 amide bonds. The zero-order valence-corrected chi connectivity index (χ0v) is 10.8. The predicted octanol–water partition coefficient (Wildman–Crippen LogP) is 3.97. The molecule has 1 nitrogen and oxygen atoms in total. The third-order valence-electron chi connectivity index (χ3n) is 3.00. The highest BCUT2D eigenvalue weighted by Crippen LogP contribution is 2.26. The van der Waals surface area contributed by atoms with Crippen molar-refractivity contribution in [1.29, 1.82) is 0 Å². The molecule has 0 fully saturated rings. The molecule has 0 bridgehead atoms. The Morgan fingerprint density at radius 3 is 2.18 bits per heavy atom. The Balaban J connectivity index is 2.74. The quantitative estimate of drug-likeness (QED) is 0.829. The van der Waals surface area contributed by atoms with Crippen molar-refractivity contribution in [1.82, 2.24) is 0 Å². The minimum atomic E-state index is -0.669. The van der Waals surface area contributed by atoms with E-state index in [0.717, 1.165) is 25.3 Å². The summed E-state index contributed by atoms with van der Waals surface area (Å²) in [6, 6.07) is 3.50. The largest absolute Gasteiger partial charge is 0.322 e. The molecule has 96 valence electrons. The average molecular weight is 241 g/mol. The maximum atomic E-state index is 13.1. The van der Waals surface area contributed by atoms with Gasteiger partial charge in [-0.25, -0.2) is 8.78 Å². The topological polar surface area (TPSA) is 26.0 Å². The first-order chi connectivity index (χ1) is 7.81. The van der Waals surface area contributed by atoms with Gasteiger partial charge in [-0.2, -0.15) is 0 Å². The van der Waals surface area contributed by atoms with Gasteiger partial charge in [0.25, 0.3) is 0 Å². The molecular weight excluding hydrogens is 220 g/mol. The van der Waals surface area contributed by atoms with E-state index in [1.807, 2.05) is 6.92 Å². The summed E-state index contributed by atoms with van der Waals surface area (Å²) < 4.78 is 26.2. The Bertz CT molecular complexity index is 352. The van der Waals surface area contributed by atoms with Crippen LogP contribution in [-0.2, 0) is 5.54 Å². The van der Waals surface area contributed by atoms with Gasteiger partial charge in [0.2, 0.25) is 0 Å². The number of hydrogen-bond donors (Lipinski definition) is 1. The van der Waals surface area contributed by atoms with Crippen molar-refractivity contribution in [2.24, 2.45) is 11.7 Å². The summed E-state index contributed by atoms with van der Waals surface area (Å²) in [6.45, 7) is 6.12. The first-order valence-electron chi connectivity index (χ1n) is 6.07. The van der Waals surface area contributed by atoms with E-state index in [1.165, 1.54) is 12.1 Å². The summed E-state index contributed by atoms with van der Waals surface area (Å²) in [7, 11) is 0. The maximum absolute atomic E-state index is 13.1. The molecule has 3 heteroatoms. The molecule has 1 atom stereocenters. The number of halogens is 2. The normalized spacial score (nSPS) is 15.0. The van der Waals surface area contributed by atoms with E-state index in [0.29, 0.717) is 11.5 Å². The number of nitrogens with two attached hydrogens (primary N) is 1. The Morgan fingerprint density at radius 1 is 1.18 bits per heavy atom. The van der Waals surface area contributed by atoms with Crippen LogP contribution in [-0.4, -0.2) is 0 Å². The smallest absolute Gasteiger partial charge is 0.126 e. The monoisotopic (exact) mass is 241 g/mol. The highest BCUT2D eigenvalue weighted by molar-refractivity contribution is 5.24. The van der Waals surface area contributed by atoms with Gasteiger partial charge in [0.05, 0.1) is 0 Å². The summed E-state index contributed by atoms with van der Waals surface area (Å²) in [6.07, 6.45) is 2.77. The molecule has 0 radical (unpaired) electrons. The summed E-state index contributed by atoms with van der Waals surface area (Å²) in [5, 5.41) is 0. The van der Waals surface area contributed by atoms with E-state index < -0.39 is 17.2 Å². The molecule has 1 unspecified atom stereocenters. The van der Waals surface area contributed by atoms with Gasteiger partial charge in [0.1, 0.15) is 11.6 Å². The van der Waals surface area contributed by atoms with Crippen molar-refractivity contribution >= 4 is 0 Å². The third-order valence-corrected chi connectivity index (χ3v) is 3.00.